The van der Waals surface area contributed by atoms with Crippen molar-refractivity contribution in [2.45, 2.75) is 13.0 Å². The molecule has 0 aliphatic heterocycles. The number of nitrogens with zero attached hydrogens (tertiary/aromatic N) is 1. The number of hydrogen-bond acceptors (Lipinski definition) is 2. The fourth-order valence-corrected chi connectivity index (χ4v) is 0.750. The predicted octanol–water partition coefficient (Wildman–Crippen LogP) is 0.197. The van der Waals surface area contributed by atoms with Gasteiger partial charge >= 0.3 is 0 Å². The van der Waals surface area contributed by atoms with Gasteiger partial charge < -0.3 is 15.4 Å². The minimum atomic E-state index is 0.252. The molecule has 0 aliphatic carbocycles. The zero-order valence-corrected chi connectivity index (χ0v) is 7.44. The molecule has 0 radical (unpaired) electrons. The maximum absolute atomic E-state index is 5.37. The first kappa shape index (κ1) is 9.65. The van der Waals surface area contributed by atoms with Gasteiger partial charge in [0.1, 0.15) is 0 Å². The Morgan fingerprint density at radius 1 is 1.80 bits per heavy atom. The van der Waals surface area contributed by atoms with Gasteiger partial charge in [-0.15, -0.1) is 0 Å². The van der Waals surface area contributed by atoms with Gasteiger partial charge in [-0.3, -0.25) is 0 Å². The van der Waals surface area contributed by atoms with Crippen LogP contribution in [0.2, 0.25) is 0 Å². The van der Waals surface area contributed by atoms with Crippen molar-refractivity contribution in [3.8, 4) is 0 Å². The Bertz CT molecular complexity index is 118. The fourth-order valence-electron chi connectivity index (χ4n) is 0.570. The Morgan fingerprint density at radius 3 is 2.60 bits per heavy atom. The summed E-state index contributed by atoms with van der Waals surface area (Å²) in [5.74, 6) is 0. The maximum Gasteiger partial charge on any atom is 0.166 e. The normalized spacial score (nSPS) is 12.7. The second kappa shape index (κ2) is 4.46. The molecule has 0 saturated carbocycles. The second-order valence-electron chi connectivity index (χ2n) is 2.25. The lowest BCUT2D eigenvalue weighted by Crippen LogP contribution is -2.40. The second-order valence-corrected chi connectivity index (χ2v) is 2.67. The zero-order chi connectivity index (χ0) is 8.15. The van der Waals surface area contributed by atoms with Crippen LogP contribution in [-0.2, 0) is 4.74 Å². The Balaban J connectivity index is 3.69. The van der Waals surface area contributed by atoms with Crippen molar-refractivity contribution in [3.05, 3.63) is 0 Å². The van der Waals surface area contributed by atoms with Crippen LogP contribution in [0.5, 0.6) is 0 Å². The summed E-state index contributed by atoms with van der Waals surface area (Å²) in [5, 5.41) is 0.407. The third-order valence-electron chi connectivity index (χ3n) is 1.42. The van der Waals surface area contributed by atoms with E-state index in [2.05, 4.69) is 0 Å². The fraction of sp³-hybridized carbons (Fsp3) is 0.833. The molecule has 60 valence electrons. The molecule has 0 rings (SSSR count). The van der Waals surface area contributed by atoms with Gasteiger partial charge in [-0.05, 0) is 19.1 Å². The molecule has 0 aromatic carbocycles. The van der Waals surface area contributed by atoms with Crippen molar-refractivity contribution in [1.29, 1.82) is 0 Å². The molecule has 0 heterocycles. The van der Waals surface area contributed by atoms with Gasteiger partial charge in [0.25, 0.3) is 0 Å². The average molecular weight is 162 g/mol. The van der Waals surface area contributed by atoms with Gasteiger partial charge in [-0.2, -0.15) is 0 Å². The summed E-state index contributed by atoms with van der Waals surface area (Å²) in [6, 6.07) is 0.252. The Labute approximate surface area is 67.1 Å². The summed E-state index contributed by atoms with van der Waals surface area (Å²) >= 11 is 4.76. The highest BCUT2D eigenvalue weighted by atomic mass is 32.1. The molecule has 0 bridgehead atoms. The molecule has 3 nitrogen and oxygen atoms in total. The summed E-state index contributed by atoms with van der Waals surface area (Å²) in [6.45, 7) is 2.65. The first-order valence-corrected chi connectivity index (χ1v) is 3.51. The Kier molecular flexibility index (Phi) is 4.31. The van der Waals surface area contributed by atoms with E-state index < -0.39 is 0 Å². The van der Waals surface area contributed by atoms with Crippen LogP contribution >= 0.6 is 12.2 Å². The highest BCUT2D eigenvalue weighted by Gasteiger charge is 2.08. The zero-order valence-electron chi connectivity index (χ0n) is 6.63. The third-order valence-corrected chi connectivity index (χ3v) is 1.70. The van der Waals surface area contributed by atoms with Gasteiger partial charge in [0.2, 0.25) is 0 Å². The van der Waals surface area contributed by atoms with Crippen molar-refractivity contribution >= 4 is 17.3 Å². The molecular weight excluding hydrogens is 148 g/mol. The van der Waals surface area contributed by atoms with Crippen molar-refractivity contribution < 1.29 is 4.74 Å². The van der Waals surface area contributed by atoms with E-state index in [9.17, 15) is 0 Å². The SMILES string of the molecule is COC[C@@H](C)N(C)C(N)=S. The number of methoxy groups -OCH3 is 1. The van der Waals surface area contributed by atoms with Crippen molar-refractivity contribution in [2.75, 3.05) is 20.8 Å². The number of nitrogens with two attached hydrogens (primary N) is 1. The lowest BCUT2D eigenvalue weighted by Gasteiger charge is -2.23. The van der Waals surface area contributed by atoms with Crippen LogP contribution in [0.1, 0.15) is 6.92 Å². The number of thiocarbonyl (C=S) groups is 1. The predicted molar refractivity (Wildman–Crippen MR) is 45.9 cm³/mol. The van der Waals surface area contributed by atoms with Crippen LogP contribution < -0.4 is 5.73 Å². The van der Waals surface area contributed by atoms with Gasteiger partial charge in [-0.1, -0.05) is 0 Å². The van der Waals surface area contributed by atoms with Crippen LogP contribution in [0.25, 0.3) is 0 Å². The van der Waals surface area contributed by atoms with Crippen molar-refractivity contribution in [3.63, 3.8) is 0 Å². The molecule has 0 unspecified atom stereocenters. The quantitative estimate of drug-likeness (QED) is 0.602. The minimum absolute atomic E-state index is 0.252. The molecule has 2 N–H and O–H groups in total. The van der Waals surface area contributed by atoms with E-state index in [1.807, 2.05) is 14.0 Å². The first-order valence-electron chi connectivity index (χ1n) is 3.10. The number of ether oxygens (including phenoxy) is 1. The number of likely N-dealkylation sites (N-methyl/N-ethyl adjacent to an activating group) is 1. The molecule has 0 spiro atoms. The van der Waals surface area contributed by atoms with E-state index in [0.717, 1.165) is 0 Å². The van der Waals surface area contributed by atoms with E-state index in [1.165, 1.54) is 0 Å². The highest BCUT2D eigenvalue weighted by molar-refractivity contribution is 7.80. The summed E-state index contributed by atoms with van der Waals surface area (Å²) in [6.07, 6.45) is 0. The number of hydrogen-bond donors (Lipinski definition) is 1. The molecule has 1 atom stereocenters. The lowest BCUT2D eigenvalue weighted by atomic mass is 10.3. The molecule has 0 saturated heterocycles. The molecule has 0 aromatic heterocycles. The molecule has 4 heteroatoms. The van der Waals surface area contributed by atoms with Crippen molar-refractivity contribution in [2.24, 2.45) is 5.73 Å². The molecule has 0 fully saturated rings. The van der Waals surface area contributed by atoms with E-state index in [0.29, 0.717) is 11.7 Å². The standard InChI is InChI=1S/C6H14N2OS/c1-5(4-9-3)8(2)6(7)10/h5H,4H2,1-3H3,(H2,7,10)/t5-/m1/s1. The maximum atomic E-state index is 5.37. The Morgan fingerprint density at radius 2 is 2.30 bits per heavy atom. The van der Waals surface area contributed by atoms with Crippen LogP contribution in [0.3, 0.4) is 0 Å². The third kappa shape index (κ3) is 2.98. The molecule has 0 amide bonds. The molecule has 10 heavy (non-hydrogen) atoms. The average Bonchev–Trinajstić information content (AvgIpc) is 1.87. The lowest BCUT2D eigenvalue weighted by molar-refractivity contribution is 0.146. The summed E-state index contributed by atoms with van der Waals surface area (Å²) in [4.78, 5) is 1.80. The monoisotopic (exact) mass is 162 g/mol. The summed E-state index contributed by atoms with van der Waals surface area (Å²) in [5.41, 5.74) is 5.37. The van der Waals surface area contributed by atoms with E-state index in [1.54, 1.807) is 12.0 Å². The molecule has 0 aromatic rings. The highest BCUT2D eigenvalue weighted by Crippen LogP contribution is 1.94. The molecular formula is C6H14N2OS. The van der Waals surface area contributed by atoms with E-state index in [4.69, 9.17) is 22.7 Å². The van der Waals surface area contributed by atoms with Gasteiger partial charge in [0, 0.05) is 14.2 Å². The van der Waals surface area contributed by atoms with Crippen LogP contribution in [0.15, 0.2) is 0 Å². The Hall–Kier alpha value is -0.350. The van der Waals surface area contributed by atoms with E-state index >= 15 is 0 Å². The molecule has 0 aliphatic rings. The van der Waals surface area contributed by atoms with Gasteiger partial charge in [-0.25, -0.2) is 0 Å². The largest absolute Gasteiger partial charge is 0.383 e. The van der Waals surface area contributed by atoms with Crippen LogP contribution in [0.4, 0.5) is 0 Å². The van der Waals surface area contributed by atoms with E-state index in [-0.39, 0.29) is 6.04 Å². The smallest absolute Gasteiger partial charge is 0.166 e. The minimum Gasteiger partial charge on any atom is -0.383 e. The van der Waals surface area contributed by atoms with Crippen LogP contribution in [-0.4, -0.2) is 36.8 Å². The van der Waals surface area contributed by atoms with Gasteiger partial charge in [0.15, 0.2) is 5.11 Å². The first-order chi connectivity index (χ1) is 4.59. The summed E-state index contributed by atoms with van der Waals surface area (Å²) < 4.78 is 4.92. The topological polar surface area (TPSA) is 38.5 Å². The van der Waals surface area contributed by atoms with Gasteiger partial charge in [0.05, 0.1) is 12.6 Å². The van der Waals surface area contributed by atoms with Crippen molar-refractivity contribution in [1.82, 2.24) is 4.90 Å². The number of rotatable bonds is 3. The van der Waals surface area contributed by atoms with Crippen LogP contribution in [0, 0.1) is 0 Å². The summed E-state index contributed by atoms with van der Waals surface area (Å²) in [7, 11) is 3.51.